The van der Waals surface area contributed by atoms with Gasteiger partial charge in [-0.15, -0.1) is 12.4 Å². The molecule has 0 heterocycles. The molecule has 0 spiro atoms. The number of ketones is 1. The maximum absolute atomic E-state index is 12.2. The summed E-state index contributed by atoms with van der Waals surface area (Å²) in [4.78, 5) is 12.2. The van der Waals surface area contributed by atoms with E-state index in [-0.39, 0.29) is 36.6 Å². The second-order valence-corrected chi connectivity index (χ2v) is 4.72. The van der Waals surface area contributed by atoms with Crippen molar-refractivity contribution in [2.24, 2.45) is 5.73 Å². The molecule has 0 aliphatic heterocycles. The van der Waals surface area contributed by atoms with Gasteiger partial charge in [0.2, 0.25) is 0 Å². The first kappa shape index (κ1) is 17.2. The predicted molar refractivity (Wildman–Crippen MR) is 84.0 cm³/mol. The summed E-state index contributed by atoms with van der Waals surface area (Å²) in [5.74, 6) is 0.0397. The first-order chi connectivity index (χ1) is 9.60. The number of benzene rings is 2. The van der Waals surface area contributed by atoms with E-state index < -0.39 is 0 Å². The zero-order chi connectivity index (χ0) is 14.5. The quantitative estimate of drug-likeness (QED) is 0.737. The van der Waals surface area contributed by atoms with Gasteiger partial charge in [-0.05, 0) is 36.2 Å². The van der Waals surface area contributed by atoms with Crippen LogP contribution in [0, 0.1) is 0 Å². The molecule has 2 aromatic rings. The van der Waals surface area contributed by atoms with Crippen LogP contribution in [0.5, 0.6) is 5.75 Å². The first-order valence-electron chi connectivity index (χ1n) is 6.39. The molecule has 2 rings (SSSR count). The van der Waals surface area contributed by atoms with Gasteiger partial charge in [-0.3, -0.25) is 4.79 Å². The van der Waals surface area contributed by atoms with Crippen LogP contribution < -0.4 is 5.73 Å². The van der Waals surface area contributed by atoms with Gasteiger partial charge < -0.3 is 15.9 Å². The minimum atomic E-state index is -0.284. The molecule has 4 nitrogen and oxygen atoms in total. The number of hydrogen-bond donors (Lipinski definition) is 3. The lowest BCUT2D eigenvalue weighted by Gasteiger charge is -2.08. The highest BCUT2D eigenvalue weighted by atomic mass is 35.5. The van der Waals surface area contributed by atoms with Gasteiger partial charge in [0.1, 0.15) is 5.75 Å². The molecule has 112 valence electrons. The largest absolute Gasteiger partial charge is 0.508 e. The molecule has 0 aromatic heterocycles. The van der Waals surface area contributed by atoms with E-state index in [1.807, 2.05) is 12.1 Å². The lowest BCUT2D eigenvalue weighted by Crippen LogP contribution is -2.26. The second-order valence-electron chi connectivity index (χ2n) is 4.72. The van der Waals surface area contributed by atoms with Crippen molar-refractivity contribution < 1.29 is 15.0 Å². The Labute approximate surface area is 129 Å². The lowest BCUT2D eigenvalue weighted by molar-refractivity contribution is 0.103. The SMILES string of the molecule is Cl.N[C@@H](CO)Cc1ccc(C(=O)c2ccc(O)cc2)cc1. The lowest BCUT2D eigenvalue weighted by atomic mass is 10.00. The van der Waals surface area contributed by atoms with Crippen molar-refractivity contribution in [3.63, 3.8) is 0 Å². The van der Waals surface area contributed by atoms with Crippen LogP contribution in [0.2, 0.25) is 0 Å². The van der Waals surface area contributed by atoms with E-state index in [4.69, 9.17) is 10.8 Å². The number of halogens is 1. The third-order valence-electron chi connectivity index (χ3n) is 3.08. The molecule has 0 saturated heterocycles. The predicted octanol–water partition coefficient (Wildman–Crippen LogP) is 1.91. The van der Waals surface area contributed by atoms with E-state index in [9.17, 15) is 9.90 Å². The molecule has 0 radical (unpaired) electrons. The van der Waals surface area contributed by atoms with Crippen LogP contribution >= 0.6 is 12.4 Å². The van der Waals surface area contributed by atoms with E-state index in [1.54, 1.807) is 24.3 Å². The van der Waals surface area contributed by atoms with E-state index in [2.05, 4.69) is 0 Å². The van der Waals surface area contributed by atoms with Crippen LogP contribution in [0.1, 0.15) is 21.5 Å². The number of carbonyl (C=O) groups is 1. The maximum Gasteiger partial charge on any atom is 0.193 e. The highest BCUT2D eigenvalue weighted by Gasteiger charge is 2.09. The van der Waals surface area contributed by atoms with Crippen molar-refractivity contribution in [2.75, 3.05) is 6.61 Å². The standard InChI is InChI=1S/C16H17NO3.ClH/c17-14(10-18)9-11-1-3-12(4-2-11)16(20)13-5-7-15(19)8-6-13;/h1-8,14,18-19H,9-10,17H2;1H/t14-;/m1./s1. The zero-order valence-electron chi connectivity index (χ0n) is 11.4. The molecule has 0 saturated carbocycles. The van der Waals surface area contributed by atoms with Crippen LogP contribution in [0.4, 0.5) is 0 Å². The fraction of sp³-hybridized carbons (Fsp3) is 0.188. The number of hydrogen-bond acceptors (Lipinski definition) is 4. The number of rotatable bonds is 5. The Bertz CT molecular complexity index is 581. The molecule has 5 heteroatoms. The number of aliphatic hydroxyl groups is 1. The van der Waals surface area contributed by atoms with Gasteiger partial charge >= 0.3 is 0 Å². The topological polar surface area (TPSA) is 83.5 Å². The molecule has 21 heavy (non-hydrogen) atoms. The third kappa shape index (κ3) is 4.56. The van der Waals surface area contributed by atoms with Gasteiger partial charge in [0.25, 0.3) is 0 Å². The number of carbonyl (C=O) groups excluding carboxylic acids is 1. The minimum Gasteiger partial charge on any atom is -0.508 e. The van der Waals surface area contributed by atoms with Crippen molar-refractivity contribution in [1.82, 2.24) is 0 Å². The monoisotopic (exact) mass is 307 g/mol. The zero-order valence-corrected chi connectivity index (χ0v) is 12.2. The molecule has 0 fully saturated rings. The summed E-state index contributed by atoms with van der Waals surface area (Å²) < 4.78 is 0. The number of phenolic OH excluding ortho intramolecular Hbond substituents is 1. The van der Waals surface area contributed by atoms with E-state index in [0.29, 0.717) is 17.5 Å². The summed E-state index contributed by atoms with van der Waals surface area (Å²) >= 11 is 0. The van der Waals surface area contributed by atoms with Crippen molar-refractivity contribution in [3.05, 3.63) is 65.2 Å². The Morgan fingerprint density at radius 3 is 1.95 bits per heavy atom. The number of nitrogens with two attached hydrogens (primary N) is 1. The Balaban J connectivity index is 0.00000220. The van der Waals surface area contributed by atoms with Gasteiger partial charge in [-0.25, -0.2) is 0 Å². The van der Waals surface area contributed by atoms with Crippen LogP contribution in [0.15, 0.2) is 48.5 Å². The van der Waals surface area contributed by atoms with Crippen LogP contribution in [-0.4, -0.2) is 28.6 Å². The summed E-state index contributed by atoms with van der Waals surface area (Å²) in [5.41, 5.74) is 7.76. The molecule has 4 N–H and O–H groups in total. The summed E-state index contributed by atoms with van der Waals surface area (Å²) in [6.45, 7) is -0.0613. The number of aromatic hydroxyl groups is 1. The normalized spacial score (nSPS) is 11.5. The molecule has 0 amide bonds. The van der Waals surface area contributed by atoms with Crippen LogP contribution in [0.3, 0.4) is 0 Å². The molecular weight excluding hydrogens is 290 g/mol. The van der Waals surface area contributed by atoms with Gasteiger partial charge in [0.05, 0.1) is 6.61 Å². The number of phenols is 1. The van der Waals surface area contributed by atoms with Gasteiger partial charge in [-0.1, -0.05) is 24.3 Å². The average molecular weight is 308 g/mol. The van der Waals surface area contributed by atoms with Crippen molar-refractivity contribution in [1.29, 1.82) is 0 Å². The Morgan fingerprint density at radius 1 is 1.00 bits per heavy atom. The van der Waals surface area contributed by atoms with E-state index >= 15 is 0 Å². The molecule has 0 unspecified atom stereocenters. The average Bonchev–Trinajstić information content (AvgIpc) is 2.48. The molecular formula is C16H18ClNO3. The minimum absolute atomic E-state index is 0. The molecule has 0 aliphatic carbocycles. The molecule has 2 aromatic carbocycles. The highest BCUT2D eigenvalue weighted by molar-refractivity contribution is 6.09. The molecule has 0 bridgehead atoms. The summed E-state index contributed by atoms with van der Waals surface area (Å²) in [6.07, 6.45) is 0.574. The first-order valence-corrected chi connectivity index (χ1v) is 6.39. The number of aliphatic hydroxyl groups excluding tert-OH is 1. The van der Waals surface area contributed by atoms with Crippen molar-refractivity contribution >= 4 is 18.2 Å². The maximum atomic E-state index is 12.2. The van der Waals surface area contributed by atoms with Crippen molar-refractivity contribution in [3.8, 4) is 5.75 Å². The highest BCUT2D eigenvalue weighted by Crippen LogP contribution is 2.15. The Kier molecular flexibility index (Phi) is 6.37. The van der Waals surface area contributed by atoms with Gasteiger partial charge in [0, 0.05) is 17.2 Å². The fourth-order valence-corrected chi connectivity index (χ4v) is 1.94. The molecule has 0 aliphatic rings. The Morgan fingerprint density at radius 2 is 1.48 bits per heavy atom. The summed E-state index contributed by atoms with van der Waals surface area (Å²) in [7, 11) is 0. The van der Waals surface area contributed by atoms with E-state index in [1.165, 1.54) is 12.1 Å². The fourth-order valence-electron chi connectivity index (χ4n) is 1.94. The van der Waals surface area contributed by atoms with E-state index in [0.717, 1.165) is 5.56 Å². The van der Waals surface area contributed by atoms with Crippen molar-refractivity contribution in [2.45, 2.75) is 12.5 Å². The second kappa shape index (κ2) is 7.78. The smallest absolute Gasteiger partial charge is 0.193 e. The van der Waals surface area contributed by atoms with Crippen LogP contribution in [-0.2, 0) is 6.42 Å². The molecule has 1 atom stereocenters. The third-order valence-corrected chi connectivity index (χ3v) is 3.08. The van der Waals surface area contributed by atoms with Gasteiger partial charge in [-0.2, -0.15) is 0 Å². The summed E-state index contributed by atoms with van der Waals surface area (Å²) in [5, 5.41) is 18.1. The van der Waals surface area contributed by atoms with Crippen LogP contribution in [0.25, 0.3) is 0 Å². The summed E-state index contributed by atoms with van der Waals surface area (Å²) in [6, 6.07) is 13.0. The Hall–Kier alpha value is -1.88. The van der Waals surface area contributed by atoms with Gasteiger partial charge in [0.15, 0.2) is 5.78 Å².